The highest BCUT2D eigenvalue weighted by molar-refractivity contribution is 5.98. The van der Waals surface area contributed by atoms with E-state index in [0.717, 1.165) is 36.2 Å². The molecular weight excluding hydrogens is 328 g/mol. The van der Waals surface area contributed by atoms with Crippen molar-refractivity contribution in [1.29, 1.82) is 0 Å². The minimum Gasteiger partial charge on any atom is -0.375 e. The second-order valence-corrected chi connectivity index (χ2v) is 6.46. The Hall–Kier alpha value is -2.66. The van der Waals surface area contributed by atoms with Crippen LogP contribution in [0.4, 0.5) is 11.4 Å². The van der Waals surface area contributed by atoms with Crippen LogP contribution in [-0.4, -0.2) is 32.1 Å². The van der Waals surface area contributed by atoms with Crippen molar-refractivity contribution < 1.29 is 14.3 Å². The summed E-state index contributed by atoms with van der Waals surface area (Å²) >= 11 is 0. The molecule has 26 heavy (non-hydrogen) atoms. The fourth-order valence-corrected chi connectivity index (χ4v) is 3.24. The minimum absolute atomic E-state index is 0.00588. The van der Waals surface area contributed by atoms with E-state index in [0.29, 0.717) is 13.0 Å². The summed E-state index contributed by atoms with van der Waals surface area (Å²) < 4.78 is 4.95. The first-order chi connectivity index (χ1) is 12.7. The second-order valence-electron chi connectivity index (χ2n) is 6.46. The standard InChI is InChI=1S/C21H24N2O3/c1-26-15-21(25)23-13-12-17-10-11-18(14-19(17)23)22-20(24)9-5-8-16-6-3-2-4-7-16/h2-4,6-7,10-11,14H,5,8-9,12-13,15H2,1H3,(H,22,24). The number of ether oxygens (including phenoxy) is 1. The quantitative estimate of drug-likeness (QED) is 0.833. The van der Waals surface area contributed by atoms with Crippen LogP contribution in [0.3, 0.4) is 0 Å². The highest BCUT2D eigenvalue weighted by Gasteiger charge is 2.24. The van der Waals surface area contributed by atoms with Crippen molar-refractivity contribution in [2.24, 2.45) is 0 Å². The number of carbonyl (C=O) groups excluding carboxylic acids is 2. The van der Waals surface area contributed by atoms with Gasteiger partial charge in [-0.15, -0.1) is 0 Å². The van der Waals surface area contributed by atoms with Gasteiger partial charge in [0, 0.05) is 31.5 Å². The van der Waals surface area contributed by atoms with Crippen LogP contribution in [0.5, 0.6) is 0 Å². The monoisotopic (exact) mass is 352 g/mol. The SMILES string of the molecule is COCC(=O)N1CCc2ccc(NC(=O)CCCc3ccccc3)cc21. The predicted octanol–water partition coefficient (Wildman–Crippen LogP) is 3.18. The Bertz CT molecular complexity index is 774. The number of rotatable bonds is 7. The van der Waals surface area contributed by atoms with Crippen LogP contribution in [0.15, 0.2) is 48.5 Å². The molecule has 0 fully saturated rings. The smallest absolute Gasteiger partial charge is 0.252 e. The third-order valence-electron chi connectivity index (χ3n) is 4.55. The molecule has 0 saturated heterocycles. The highest BCUT2D eigenvalue weighted by atomic mass is 16.5. The second kappa shape index (κ2) is 8.63. The highest BCUT2D eigenvalue weighted by Crippen LogP contribution is 2.31. The van der Waals surface area contributed by atoms with Gasteiger partial charge in [-0.3, -0.25) is 9.59 Å². The number of aryl methyl sites for hydroxylation is 1. The van der Waals surface area contributed by atoms with Crippen molar-refractivity contribution >= 4 is 23.2 Å². The van der Waals surface area contributed by atoms with Gasteiger partial charge in [-0.2, -0.15) is 0 Å². The van der Waals surface area contributed by atoms with Crippen molar-refractivity contribution in [2.75, 3.05) is 30.5 Å². The first-order valence-corrected chi connectivity index (χ1v) is 8.93. The van der Waals surface area contributed by atoms with Crippen LogP contribution in [0, 0.1) is 0 Å². The molecule has 1 aliphatic rings. The maximum Gasteiger partial charge on any atom is 0.252 e. The zero-order valence-electron chi connectivity index (χ0n) is 15.0. The summed E-state index contributed by atoms with van der Waals surface area (Å²) in [4.78, 5) is 26.1. The van der Waals surface area contributed by atoms with Crippen molar-refractivity contribution in [3.8, 4) is 0 Å². The van der Waals surface area contributed by atoms with Crippen LogP contribution in [0.2, 0.25) is 0 Å². The van der Waals surface area contributed by atoms with Gasteiger partial charge in [-0.1, -0.05) is 36.4 Å². The normalized spacial score (nSPS) is 12.7. The lowest BCUT2D eigenvalue weighted by molar-refractivity contribution is -0.122. The van der Waals surface area contributed by atoms with E-state index >= 15 is 0 Å². The number of benzene rings is 2. The maximum atomic E-state index is 12.2. The van der Waals surface area contributed by atoms with Gasteiger partial charge in [0.2, 0.25) is 5.91 Å². The molecule has 0 saturated carbocycles. The number of anilines is 2. The van der Waals surface area contributed by atoms with Gasteiger partial charge in [0.1, 0.15) is 6.61 Å². The molecule has 0 bridgehead atoms. The molecule has 1 N–H and O–H groups in total. The molecule has 0 radical (unpaired) electrons. The molecule has 2 aromatic carbocycles. The van der Waals surface area contributed by atoms with Gasteiger partial charge < -0.3 is 15.0 Å². The molecule has 2 aromatic rings. The van der Waals surface area contributed by atoms with Crippen LogP contribution >= 0.6 is 0 Å². The van der Waals surface area contributed by atoms with Crippen LogP contribution < -0.4 is 10.2 Å². The first-order valence-electron chi connectivity index (χ1n) is 8.93. The summed E-state index contributed by atoms with van der Waals surface area (Å²) in [5.74, 6) is -0.0637. The Morgan fingerprint density at radius 1 is 1.15 bits per heavy atom. The number of methoxy groups -OCH3 is 1. The number of carbonyl (C=O) groups is 2. The number of hydrogen-bond donors (Lipinski definition) is 1. The molecule has 0 atom stereocenters. The maximum absolute atomic E-state index is 12.2. The molecule has 3 rings (SSSR count). The van der Waals surface area contributed by atoms with Gasteiger partial charge in [-0.05, 0) is 42.5 Å². The molecule has 1 aliphatic heterocycles. The summed E-state index contributed by atoms with van der Waals surface area (Å²) in [7, 11) is 1.51. The lowest BCUT2D eigenvalue weighted by Gasteiger charge is -2.17. The summed E-state index contributed by atoms with van der Waals surface area (Å²) in [6, 6.07) is 15.9. The van der Waals surface area contributed by atoms with E-state index in [-0.39, 0.29) is 18.4 Å². The third kappa shape index (κ3) is 4.49. The first kappa shape index (κ1) is 18.1. The van der Waals surface area contributed by atoms with Gasteiger partial charge >= 0.3 is 0 Å². The van der Waals surface area contributed by atoms with E-state index in [9.17, 15) is 9.59 Å². The molecule has 1 heterocycles. The van der Waals surface area contributed by atoms with E-state index in [1.807, 2.05) is 36.4 Å². The average Bonchev–Trinajstić information content (AvgIpc) is 3.06. The lowest BCUT2D eigenvalue weighted by Crippen LogP contribution is -2.32. The van der Waals surface area contributed by atoms with Gasteiger partial charge in [0.25, 0.3) is 5.91 Å². The van der Waals surface area contributed by atoms with E-state index in [4.69, 9.17) is 4.74 Å². The molecule has 0 aliphatic carbocycles. The molecule has 5 nitrogen and oxygen atoms in total. The Balaban J connectivity index is 1.56. The van der Waals surface area contributed by atoms with Gasteiger partial charge in [0.05, 0.1) is 0 Å². The Morgan fingerprint density at radius 3 is 2.73 bits per heavy atom. The van der Waals surface area contributed by atoms with Gasteiger partial charge in [-0.25, -0.2) is 0 Å². The molecule has 0 spiro atoms. The van der Waals surface area contributed by atoms with Crippen molar-refractivity contribution in [1.82, 2.24) is 0 Å². The molecular formula is C21H24N2O3. The zero-order valence-corrected chi connectivity index (χ0v) is 15.0. The van der Waals surface area contributed by atoms with E-state index in [1.54, 1.807) is 4.90 Å². The number of amides is 2. The Morgan fingerprint density at radius 2 is 1.96 bits per heavy atom. The summed E-state index contributed by atoms with van der Waals surface area (Å²) in [6.45, 7) is 0.724. The lowest BCUT2D eigenvalue weighted by atomic mass is 10.1. The number of fused-ring (bicyclic) bond motifs is 1. The third-order valence-corrected chi connectivity index (χ3v) is 4.55. The van der Waals surface area contributed by atoms with Crippen molar-refractivity contribution in [3.63, 3.8) is 0 Å². The Labute approximate surface area is 154 Å². The number of nitrogens with one attached hydrogen (secondary N) is 1. The molecule has 0 aromatic heterocycles. The minimum atomic E-state index is -0.0578. The summed E-state index contributed by atoms with van der Waals surface area (Å²) in [5, 5.41) is 2.94. The topological polar surface area (TPSA) is 58.6 Å². The van der Waals surface area contributed by atoms with E-state index < -0.39 is 0 Å². The largest absolute Gasteiger partial charge is 0.375 e. The molecule has 0 unspecified atom stereocenters. The van der Waals surface area contributed by atoms with E-state index in [2.05, 4.69) is 17.4 Å². The van der Waals surface area contributed by atoms with Crippen LogP contribution in [-0.2, 0) is 27.2 Å². The number of hydrogen-bond acceptors (Lipinski definition) is 3. The van der Waals surface area contributed by atoms with E-state index in [1.165, 1.54) is 12.7 Å². The predicted molar refractivity (Wildman–Crippen MR) is 102 cm³/mol. The Kier molecular flexibility index (Phi) is 6.02. The molecule has 136 valence electrons. The fraction of sp³-hybridized carbons (Fsp3) is 0.333. The molecule has 2 amide bonds. The van der Waals surface area contributed by atoms with Crippen molar-refractivity contribution in [2.45, 2.75) is 25.7 Å². The fourth-order valence-electron chi connectivity index (χ4n) is 3.24. The number of nitrogens with zero attached hydrogens (tertiary/aromatic N) is 1. The van der Waals surface area contributed by atoms with Crippen molar-refractivity contribution in [3.05, 3.63) is 59.7 Å². The van der Waals surface area contributed by atoms with Crippen LogP contribution in [0.25, 0.3) is 0 Å². The summed E-state index contributed by atoms with van der Waals surface area (Å²) in [6.07, 6.45) is 2.99. The molecule has 5 heteroatoms. The van der Waals surface area contributed by atoms with Crippen LogP contribution in [0.1, 0.15) is 24.0 Å². The summed E-state index contributed by atoms with van der Waals surface area (Å²) in [5.41, 5.74) is 3.96. The zero-order chi connectivity index (χ0) is 18.4. The average molecular weight is 352 g/mol. The van der Waals surface area contributed by atoms with Gasteiger partial charge in [0.15, 0.2) is 0 Å².